The lowest BCUT2D eigenvalue weighted by Gasteiger charge is -2.41. The minimum atomic E-state index is -1.23. The van der Waals surface area contributed by atoms with E-state index in [9.17, 15) is 19.1 Å². The average Bonchev–Trinajstić information content (AvgIpc) is 2.43. The molecule has 1 unspecified atom stereocenters. The first-order valence-electron chi connectivity index (χ1n) is 6.83. The first kappa shape index (κ1) is 15.8. The molecule has 2 rings (SSSR count). The highest BCUT2D eigenvalue weighted by atomic mass is 35.5. The molecule has 0 aromatic heterocycles. The number of amides is 1. The van der Waals surface area contributed by atoms with Crippen molar-refractivity contribution in [1.29, 1.82) is 0 Å². The molecule has 1 saturated heterocycles. The zero-order chi connectivity index (χ0) is 15.6. The lowest BCUT2D eigenvalue weighted by atomic mass is 9.88. The highest BCUT2D eigenvalue weighted by molar-refractivity contribution is 6.31. The Labute approximate surface area is 127 Å². The van der Waals surface area contributed by atoms with E-state index in [1.165, 1.54) is 30.0 Å². The number of hydrogen-bond acceptors (Lipinski definition) is 2. The molecule has 1 fully saturated rings. The number of nitrogens with zero attached hydrogens (tertiary/aromatic N) is 1. The first-order valence-corrected chi connectivity index (χ1v) is 7.21. The van der Waals surface area contributed by atoms with E-state index >= 15 is 0 Å². The van der Waals surface area contributed by atoms with Gasteiger partial charge in [0.1, 0.15) is 11.4 Å². The molecule has 0 aliphatic carbocycles. The van der Waals surface area contributed by atoms with Crippen molar-refractivity contribution in [2.45, 2.75) is 38.1 Å². The largest absolute Gasteiger partial charge is 0.480 e. The summed E-state index contributed by atoms with van der Waals surface area (Å²) in [6.45, 7) is 1.91. The molecule has 1 aromatic rings. The number of rotatable bonds is 3. The molecule has 1 amide bonds. The maximum absolute atomic E-state index is 13.8. The Morgan fingerprint density at radius 2 is 2.14 bits per heavy atom. The van der Waals surface area contributed by atoms with Crippen LogP contribution in [0.15, 0.2) is 18.2 Å². The fraction of sp³-hybridized carbons (Fsp3) is 0.467. The fourth-order valence-electron chi connectivity index (χ4n) is 2.69. The molecule has 0 spiro atoms. The number of benzene rings is 1. The number of piperidine rings is 1. The highest BCUT2D eigenvalue weighted by Crippen LogP contribution is 2.30. The molecule has 0 saturated carbocycles. The van der Waals surface area contributed by atoms with Crippen molar-refractivity contribution in [2.75, 3.05) is 6.54 Å². The predicted molar refractivity (Wildman–Crippen MR) is 76.7 cm³/mol. The van der Waals surface area contributed by atoms with Crippen LogP contribution in [0, 0.1) is 5.82 Å². The second kappa shape index (κ2) is 6.02. The van der Waals surface area contributed by atoms with Crippen molar-refractivity contribution < 1.29 is 19.1 Å². The van der Waals surface area contributed by atoms with Gasteiger partial charge in [0.25, 0.3) is 0 Å². The smallest absolute Gasteiger partial charge is 0.329 e. The van der Waals surface area contributed by atoms with Crippen molar-refractivity contribution in [3.8, 4) is 0 Å². The monoisotopic (exact) mass is 313 g/mol. The molecular formula is C15H17ClFNO3. The summed E-state index contributed by atoms with van der Waals surface area (Å²) < 4.78 is 13.8. The van der Waals surface area contributed by atoms with E-state index in [4.69, 9.17) is 11.6 Å². The molecule has 1 atom stereocenters. The van der Waals surface area contributed by atoms with Crippen molar-refractivity contribution >= 4 is 23.5 Å². The third-order valence-corrected chi connectivity index (χ3v) is 4.40. The number of halogens is 2. The molecule has 1 aliphatic rings. The Hall–Kier alpha value is -1.62. The topological polar surface area (TPSA) is 57.6 Å². The van der Waals surface area contributed by atoms with Crippen LogP contribution in [0.5, 0.6) is 0 Å². The van der Waals surface area contributed by atoms with Crippen molar-refractivity contribution in [3.63, 3.8) is 0 Å². The van der Waals surface area contributed by atoms with Crippen LogP contribution in [-0.4, -0.2) is 34.0 Å². The summed E-state index contributed by atoms with van der Waals surface area (Å²) in [6, 6.07) is 4.22. The second-order valence-corrected chi connectivity index (χ2v) is 5.87. The Balaban J connectivity index is 2.24. The van der Waals surface area contributed by atoms with Gasteiger partial charge in [0.2, 0.25) is 5.91 Å². The van der Waals surface area contributed by atoms with E-state index in [0.29, 0.717) is 13.0 Å². The molecule has 1 aromatic carbocycles. The maximum atomic E-state index is 13.8. The molecule has 114 valence electrons. The quantitative estimate of drug-likeness (QED) is 0.933. The zero-order valence-electron chi connectivity index (χ0n) is 11.7. The minimum Gasteiger partial charge on any atom is -0.480 e. The molecule has 4 nitrogen and oxygen atoms in total. The van der Waals surface area contributed by atoms with Gasteiger partial charge in [-0.1, -0.05) is 17.7 Å². The normalized spacial score (nSPS) is 22.1. The van der Waals surface area contributed by atoms with Gasteiger partial charge in [0, 0.05) is 17.1 Å². The second-order valence-electron chi connectivity index (χ2n) is 5.46. The summed E-state index contributed by atoms with van der Waals surface area (Å²) in [5.41, 5.74) is -1.12. The number of carboxylic acids is 1. The number of likely N-dealkylation sites (tertiary alicyclic amines) is 1. The van der Waals surface area contributed by atoms with E-state index in [2.05, 4.69) is 0 Å². The van der Waals surface area contributed by atoms with Crippen molar-refractivity contribution in [1.82, 2.24) is 4.90 Å². The lowest BCUT2D eigenvalue weighted by Crippen LogP contribution is -2.57. The Kier molecular flexibility index (Phi) is 4.52. The third kappa shape index (κ3) is 3.02. The van der Waals surface area contributed by atoms with Gasteiger partial charge in [-0.05, 0) is 38.3 Å². The molecule has 1 N–H and O–H groups in total. The maximum Gasteiger partial charge on any atom is 0.329 e. The SMILES string of the molecule is CC1(C(=O)O)CCCCN1C(=O)Cc1c(F)cccc1Cl. The number of carboxylic acid groups (broad SMARTS) is 1. The van der Waals surface area contributed by atoms with Crippen LogP contribution in [0.1, 0.15) is 31.7 Å². The van der Waals surface area contributed by atoms with Crippen LogP contribution < -0.4 is 0 Å². The van der Waals surface area contributed by atoms with E-state index in [-0.39, 0.29) is 17.0 Å². The van der Waals surface area contributed by atoms with Gasteiger partial charge in [0.05, 0.1) is 6.42 Å². The van der Waals surface area contributed by atoms with Crippen LogP contribution in [0.4, 0.5) is 4.39 Å². The van der Waals surface area contributed by atoms with Crippen molar-refractivity contribution in [3.05, 3.63) is 34.6 Å². The summed E-state index contributed by atoms with van der Waals surface area (Å²) in [5.74, 6) is -1.99. The number of carbonyl (C=O) groups is 2. The van der Waals surface area contributed by atoms with Gasteiger partial charge in [0.15, 0.2) is 0 Å². The van der Waals surface area contributed by atoms with Crippen LogP contribution in [-0.2, 0) is 16.0 Å². The fourth-order valence-corrected chi connectivity index (χ4v) is 2.92. The molecule has 0 bridgehead atoms. The van der Waals surface area contributed by atoms with Crippen LogP contribution in [0.25, 0.3) is 0 Å². The Morgan fingerprint density at radius 1 is 1.43 bits per heavy atom. The number of carbonyl (C=O) groups excluding carboxylic acids is 1. The van der Waals surface area contributed by atoms with Crippen molar-refractivity contribution in [2.24, 2.45) is 0 Å². The van der Waals surface area contributed by atoms with E-state index in [1.54, 1.807) is 0 Å². The van der Waals surface area contributed by atoms with Crippen LogP contribution in [0.3, 0.4) is 0 Å². The Morgan fingerprint density at radius 3 is 2.76 bits per heavy atom. The third-order valence-electron chi connectivity index (χ3n) is 4.04. The molecule has 0 radical (unpaired) electrons. The van der Waals surface area contributed by atoms with Crippen LogP contribution in [0.2, 0.25) is 5.02 Å². The summed E-state index contributed by atoms with van der Waals surface area (Å²) in [4.78, 5) is 25.2. The highest BCUT2D eigenvalue weighted by Gasteiger charge is 2.43. The van der Waals surface area contributed by atoms with Crippen LogP contribution >= 0.6 is 11.6 Å². The standard InChI is InChI=1S/C15H17ClFNO3/c1-15(14(20)21)7-2-3-8-18(15)13(19)9-10-11(16)5-4-6-12(10)17/h4-6H,2-3,7-9H2,1H3,(H,20,21). The summed E-state index contributed by atoms with van der Waals surface area (Å²) in [6.07, 6.45) is 1.68. The van der Waals surface area contributed by atoms with Gasteiger partial charge in [-0.3, -0.25) is 4.79 Å². The molecule has 1 heterocycles. The zero-order valence-corrected chi connectivity index (χ0v) is 12.5. The number of hydrogen-bond donors (Lipinski definition) is 1. The van der Waals surface area contributed by atoms with E-state index in [0.717, 1.165) is 12.8 Å². The summed E-state index contributed by atoms with van der Waals surface area (Å²) >= 11 is 5.92. The van der Waals surface area contributed by atoms with Gasteiger partial charge in [-0.15, -0.1) is 0 Å². The Bertz CT molecular complexity index is 558. The number of aliphatic carboxylic acids is 1. The lowest BCUT2D eigenvalue weighted by molar-refractivity contribution is -0.160. The van der Waals surface area contributed by atoms with Gasteiger partial charge < -0.3 is 10.0 Å². The summed E-state index contributed by atoms with van der Waals surface area (Å²) in [5, 5.41) is 9.58. The summed E-state index contributed by atoms with van der Waals surface area (Å²) in [7, 11) is 0. The van der Waals surface area contributed by atoms with Gasteiger partial charge >= 0.3 is 5.97 Å². The van der Waals surface area contributed by atoms with E-state index in [1.807, 2.05) is 0 Å². The molecule has 21 heavy (non-hydrogen) atoms. The van der Waals surface area contributed by atoms with Gasteiger partial charge in [-0.25, -0.2) is 9.18 Å². The minimum absolute atomic E-state index is 0.113. The average molecular weight is 314 g/mol. The van der Waals surface area contributed by atoms with E-state index < -0.39 is 23.2 Å². The predicted octanol–water partition coefficient (Wildman–Crippen LogP) is 2.88. The molecular weight excluding hydrogens is 297 g/mol. The molecule has 1 aliphatic heterocycles. The van der Waals surface area contributed by atoms with Gasteiger partial charge in [-0.2, -0.15) is 0 Å². The first-order chi connectivity index (χ1) is 9.86. The molecule has 6 heteroatoms.